The van der Waals surface area contributed by atoms with Gasteiger partial charge in [0, 0.05) is 11.3 Å². The number of aryl methyl sites for hydroxylation is 2. The number of rotatable bonds is 4. The van der Waals surface area contributed by atoms with Crippen molar-refractivity contribution >= 4 is 22.4 Å². The molecule has 1 amide bonds. The van der Waals surface area contributed by atoms with Crippen LogP contribution < -0.4 is 10.6 Å². The Balaban J connectivity index is 1.52. The Morgan fingerprint density at radius 2 is 2.14 bits per heavy atom. The molecule has 4 nitrogen and oxygen atoms in total. The van der Waals surface area contributed by atoms with E-state index in [1.165, 1.54) is 36.3 Å². The van der Waals surface area contributed by atoms with Crippen LogP contribution in [-0.2, 0) is 17.6 Å². The summed E-state index contributed by atoms with van der Waals surface area (Å²) in [7, 11) is 0. The second-order valence-corrected chi connectivity index (χ2v) is 7.50. The summed E-state index contributed by atoms with van der Waals surface area (Å²) in [5, 5.41) is 7.21. The summed E-state index contributed by atoms with van der Waals surface area (Å²) in [5.41, 5.74) is 1.22. The number of nitrogens with one attached hydrogen (secondary N) is 2. The lowest BCUT2D eigenvalue weighted by Gasteiger charge is -2.27. The van der Waals surface area contributed by atoms with E-state index in [0.29, 0.717) is 18.3 Å². The van der Waals surface area contributed by atoms with Crippen molar-refractivity contribution in [3.05, 3.63) is 10.6 Å². The van der Waals surface area contributed by atoms with E-state index >= 15 is 0 Å². The predicted octanol–water partition coefficient (Wildman–Crippen LogP) is 2.99. The first-order valence-corrected chi connectivity index (χ1v) is 9.03. The lowest BCUT2D eigenvalue weighted by Crippen LogP contribution is -2.32. The van der Waals surface area contributed by atoms with Crippen molar-refractivity contribution in [3.8, 4) is 0 Å². The number of thiazole rings is 1. The lowest BCUT2D eigenvalue weighted by molar-refractivity contribution is -0.117. The largest absolute Gasteiger partial charge is 0.317 e. The summed E-state index contributed by atoms with van der Waals surface area (Å²) < 4.78 is 0. The highest BCUT2D eigenvalue weighted by molar-refractivity contribution is 7.15. The molecule has 1 aromatic rings. The average molecular weight is 307 g/mol. The van der Waals surface area contributed by atoms with E-state index in [-0.39, 0.29) is 5.91 Å². The smallest absolute Gasteiger partial charge is 0.226 e. The number of piperidine rings is 1. The fourth-order valence-corrected chi connectivity index (χ4v) is 4.51. The summed E-state index contributed by atoms with van der Waals surface area (Å²) in [6.45, 7) is 4.40. The van der Waals surface area contributed by atoms with Crippen molar-refractivity contribution in [2.24, 2.45) is 11.8 Å². The van der Waals surface area contributed by atoms with Crippen molar-refractivity contribution in [1.82, 2.24) is 10.3 Å². The van der Waals surface area contributed by atoms with E-state index in [2.05, 4.69) is 22.5 Å². The molecule has 0 bridgehead atoms. The minimum atomic E-state index is 0.132. The van der Waals surface area contributed by atoms with E-state index in [0.717, 1.165) is 31.1 Å². The number of hydrogen-bond acceptors (Lipinski definition) is 4. The molecule has 116 valence electrons. The SMILES string of the molecule is CC(CC(=O)Nc1nc2c(s1)CCCC2)C1CCNCC1. The summed E-state index contributed by atoms with van der Waals surface area (Å²) >= 11 is 1.67. The van der Waals surface area contributed by atoms with E-state index in [1.54, 1.807) is 11.3 Å². The third kappa shape index (κ3) is 3.83. The van der Waals surface area contributed by atoms with Gasteiger partial charge in [0.1, 0.15) is 0 Å². The first kappa shape index (κ1) is 15.0. The monoisotopic (exact) mass is 307 g/mol. The normalized spacial score (nSPS) is 20.8. The molecule has 0 spiro atoms. The van der Waals surface area contributed by atoms with Gasteiger partial charge in [-0.1, -0.05) is 6.92 Å². The number of aromatic nitrogens is 1. The van der Waals surface area contributed by atoms with E-state index < -0.39 is 0 Å². The molecule has 2 N–H and O–H groups in total. The Labute approximate surface area is 130 Å². The molecular weight excluding hydrogens is 282 g/mol. The first-order chi connectivity index (χ1) is 10.2. The molecule has 1 unspecified atom stereocenters. The van der Waals surface area contributed by atoms with Crippen LogP contribution >= 0.6 is 11.3 Å². The van der Waals surface area contributed by atoms with Gasteiger partial charge in [-0.15, -0.1) is 11.3 Å². The van der Waals surface area contributed by atoms with Gasteiger partial charge in [0.15, 0.2) is 5.13 Å². The van der Waals surface area contributed by atoms with Crippen molar-refractivity contribution < 1.29 is 4.79 Å². The zero-order chi connectivity index (χ0) is 14.7. The maximum absolute atomic E-state index is 12.2. The lowest BCUT2D eigenvalue weighted by atomic mass is 9.84. The Morgan fingerprint density at radius 1 is 1.38 bits per heavy atom. The minimum Gasteiger partial charge on any atom is -0.317 e. The van der Waals surface area contributed by atoms with Gasteiger partial charge in [0.05, 0.1) is 5.69 Å². The molecule has 1 aliphatic heterocycles. The van der Waals surface area contributed by atoms with Crippen LogP contribution in [0, 0.1) is 11.8 Å². The van der Waals surface area contributed by atoms with Crippen molar-refractivity contribution in [1.29, 1.82) is 0 Å². The molecular formula is C16H25N3OS. The zero-order valence-electron chi connectivity index (χ0n) is 12.8. The van der Waals surface area contributed by atoms with Crippen LogP contribution in [0.25, 0.3) is 0 Å². The van der Waals surface area contributed by atoms with Crippen LogP contribution in [0.5, 0.6) is 0 Å². The Hall–Kier alpha value is -0.940. The van der Waals surface area contributed by atoms with E-state index in [1.807, 2.05) is 0 Å². The average Bonchev–Trinajstić information content (AvgIpc) is 2.90. The van der Waals surface area contributed by atoms with E-state index in [4.69, 9.17) is 0 Å². The van der Waals surface area contributed by atoms with Gasteiger partial charge >= 0.3 is 0 Å². The Morgan fingerprint density at radius 3 is 2.90 bits per heavy atom. The number of hydrogen-bond donors (Lipinski definition) is 2. The molecule has 1 atom stereocenters. The summed E-state index contributed by atoms with van der Waals surface area (Å²) in [6, 6.07) is 0. The predicted molar refractivity (Wildman–Crippen MR) is 86.8 cm³/mol. The highest BCUT2D eigenvalue weighted by Crippen LogP contribution is 2.30. The third-order valence-corrected chi connectivity index (χ3v) is 5.86. The van der Waals surface area contributed by atoms with Gasteiger partial charge in [-0.05, 0) is 63.5 Å². The fourth-order valence-electron chi connectivity index (χ4n) is 3.45. The fraction of sp³-hybridized carbons (Fsp3) is 0.750. The molecule has 1 aromatic heterocycles. The van der Waals surface area contributed by atoms with Crippen molar-refractivity contribution in [3.63, 3.8) is 0 Å². The number of nitrogens with zero attached hydrogens (tertiary/aromatic N) is 1. The third-order valence-electron chi connectivity index (χ3n) is 4.79. The van der Waals surface area contributed by atoms with Crippen LogP contribution in [0.4, 0.5) is 5.13 Å². The number of amides is 1. The highest BCUT2D eigenvalue weighted by atomic mass is 32.1. The second kappa shape index (κ2) is 6.88. The van der Waals surface area contributed by atoms with Crippen molar-refractivity contribution in [2.75, 3.05) is 18.4 Å². The van der Waals surface area contributed by atoms with Gasteiger partial charge in [0.2, 0.25) is 5.91 Å². The van der Waals surface area contributed by atoms with Crippen LogP contribution in [0.15, 0.2) is 0 Å². The molecule has 0 radical (unpaired) electrons. The quantitative estimate of drug-likeness (QED) is 0.899. The summed E-state index contributed by atoms with van der Waals surface area (Å²) in [4.78, 5) is 18.2. The number of anilines is 1. The Bertz CT molecular complexity index is 470. The van der Waals surface area contributed by atoms with Crippen LogP contribution in [0.3, 0.4) is 0 Å². The molecule has 1 aliphatic carbocycles. The van der Waals surface area contributed by atoms with Gasteiger partial charge in [-0.25, -0.2) is 4.98 Å². The highest BCUT2D eigenvalue weighted by Gasteiger charge is 2.23. The minimum absolute atomic E-state index is 0.132. The standard InChI is InChI=1S/C16H25N3OS/c1-11(12-6-8-17-9-7-12)10-15(20)19-16-18-13-4-2-3-5-14(13)21-16/h11-12,17H,2-10H2,1H3,(H,18,19,20). The molecule has 3 rings (SSSR count). The van der Waals surface area contributed by atoms with Crippen molar-refractivity contribution in [2.45, 2.75) is 51.9 Å². The topological polar surface area (TPSA) is 54.0 Å². The molecule has 2 heterocycles. The number of carbonyl (C=O) groups is 1. The molecule has 0 saturated carbocycles. The van der Waals surface area contributed by atoms with Gasteiger partial charge in [0.25, 0.3) is 0 Å². The number of carbonyl (C=O) groups excluding carboxylic acids is 1. The van der Waals surface area contributed by atoms with Crippen LogP contribution in [-0.4, -0.2) is 24.0 Å². The molecule has 5 heteroatoms. The molecule has 1 fully saturated rings. The molecule has 1 saturated heterocycles. The molecule has 0 aromatic carbocycles. The summed E-state index contributed by atoms with van der Waals surface area (Å²) in [6.07, 6.45) is 7.71. The zero-order valence-corrected chi connectivity index (χ0v) is 13.6. The van der Waals surface area contributed by atoms with Crippen LogP contribution in [0.1, 0.15) is 49.6 Å². The molecule has 2 aliphatic rings. The number of fused-ring (bicyclic) bond motifs is 1. The first-order valence-electron chi connectivity index (χ1n) is 8.21. The maximum atomic E-state index is 12.2. The van der Waals surface area contributed by atoms with Gasteiger partial charge in [-0.3, -0.25) is 4.79 Å². The maximum Gasteiger partial charge on any atom is 0.226 e. The summed E-state index contributed by atoms with van der Waals surface area (Å²) in [5.74, 6) is 1.27. The molecule has 21 heavy (non-hydrogen) atoms. The van der Waals surface area contributed by atoms with Crippen LogP contribution in [0.2, 0.25) is 0 Å². The Kier molecular flexibility index (Phi) is 4.91. The second-order valence-electron chi connectivity index (χ2n) is 6.41. The van der Waals surface area contributed by atoms with Gasteiger partial charge < -0.3 is 10.6 Å². The van der Waals surface area contributed by atoms with Gasteiger partial charge in [-0.2, -0.15) is 0 Å². The van der Waals surface area contributed by atoms with E-state index in [9.17, 15) is 4.79 Å².